The van der Waals surface area contributed by atoms with Crippen molar-refractivity contribution in [1.82, 2.24) is 5.32 Å². The van der Waals surface area contributed by atoms with E-state index in [1.807, 2.05) is 0 Å². The molecule has 25 heavy (non-hydrogen) atoms. The Morgan fingerprint density at radius 2 is 2.00 bits per heavy atom. The van der Waals surface area contributed by atoms with Crippen LogP contribution in [0.5, 0.6) is 0 Å². The van der Waals surface area contributed by atoms with Crippen LogP contribution in [-0.2, 0) is 16.0 Å². The van der Waals surface area contributed by atoms with E-state index in [0.29, 0.717) is 16.5 Å². The van der Waals surface area contributed by atoms with Gasteiger partial charge in [0.1, 0.15) is 17.4 Å². The second kappa shape index (κ2) is 8.07. The number of amides is 2. The first-order valence-electron chi connectivity index (χ1n) is 7.81. The van der Waals surface area contributed by atoms with Crippen LogP contribution in [0.2, 0.25) is 5.02 Å². The molecule has 0 radical (unpaired) electrons. The molecule has 0 fully saturated rings. The van der Waals surface area contributed by atoms with Crippen molar-refractivity contribution in [2.45, 2.75) is 38.8 Å². The number of benzene rings is 1. The molecular formula is C18H21ClN2O4. The average molecular weight is 365 g/mol. The number of halogens is 1. The Morgan fingerprint density at radius 1 is 1.24 bits per heavy atom. The number of furan rings is 1. The molecule has 0 bridgehead atoms. The number of hydrogen-bond acceptors (Lipinski definition) is 4. The average Bonchev–Trinajstić information content (AvgIpc) is 2.97. The van der Waals surface area contributed by atoms with Gasteiger partial charge >= 0.3 is 6.09 Å². The van der Waals surface area contributed by atoms with Crippen molar-refractivity contribution in [3.05, 3.63) is 53.4 Å². The molecule has 6 nitrogen and oxygen atoms in total. The molecule has 0 saturated carbocycles. The summed E-state index contributed by atoms with van der Waals surface area (Å²) >= 11 is 5.92. The highest BCUT2D eigenvalue weighted by Gasteiger charge is 2.25. The molecule has 0 spiro atoms. The van der Waals surface area contributed by atoms with Gasteiger partial charge in [-0.1, -0.05) is 17.7 Å². The van der Waals surface area contributed by atoms with E-state index in [0.717, 1.165) is 0 Å². The third-order valence-electron chi connectivity index (χ3n) is 3.09. The molecule has 134 valence electrons. The number of rotatable bonds is 5. The predicted octanol–water partition coefficient (Wildman–Crippen LogP) is 4.01. The van der Waals surface area contributed by atoms with E-state index in [4.69, 9.17) is 20.8 Å². The Balaban J connectivity index is 2.09. The van der Waals surface area contributed by atoms with Crippen molar-refractivity contribution >= 4 is 29.3 Å². The van der Waals surface area contributed by atoms with Crippen molar-refractivity contribution in [2.75, 3.05) is 5.32 Å². The Morgan fingerprint density at radius 3 is 2.60 bits per heavy atom. The quantitative estimate of drug-likeness (QED) is 0.840. The minimum Gasteiger partial charge on any atom is -0.469 e. The molecule has 0 aliphatic carbocycles. The van der Waals surface area contributed by atoms with Gasteiger partial charge in [0.05, 0.1) is 6.26 Å². The lowest BCUT2D eigenvalue weighted by Crippen LogP contribution is -2.47. The molecule has 2 rings (SSSR count). The fourth-order valence-corrected chi connectivity index (χ4v) is 2.27. The highest BCUT2D eigenvalue weighted by atomic mass is 35.5. The number of carbonyl (C=O) groups is 2. The minimum atomic E-state index is -0.861. The van der Waals surface area contributed by atoms with Crippen LogP contribution in [0.3, 0.4) is 0 Å². The summed E-state index contributed by atoms with van der Waals surface area (Å²) in [5.41, 5.74) is -0.129. The van der Waals surface area contributed by atoms with Gasteiger partial charge in [-0.15, -0.1) is 0 Å². The van der Waals surface area contributed by atoms with E-state index in [9.17, 15) is 9.59 Å². The summed E-state index contributed by atoms with van der Waals surface area (Å²) in [5, 5.41) is 5.81. The van der Waals surface area contributed by atoms with Crippen LogP contribution in [0, 0.1) is 0 Å². The first-order chi connectivity index (χ1) is 11.7. The maximum Gasteiger partial charge on any atom is 0.408 e. The maximum absolute atomic E-state index is 12.6. The van der Waals surface area contributed by atoms with Crippen LogP contribution in [0.4, 0.5) is 10.5 Å². The molecule has 0 aliphatic heterocycles. The molecule has 1 aromatic heterocycles. The van der Waals surface area contributed by atoms with E-state index in [1.54, 1.807) is 57.2 Å². The van der Waals surface area contributed by atoms with Crippen LogP contribution >= 0.6 is 11.6 Å². The van der Waals surface area contributed by atoms with Gasteiger partial charge in [0.15, 0.2) is 0 Å². The number of nitrogens with one attached hydrogen (secondary N) is 2. The standard InChI is InChI=1S/C18H21ClN2O4/c1-18(2,3)25-17(23)21-15(11-14-8-5-9-24-14)16(22)20-13-7-4-6-12(19)10-13/h4-10,15H,11H2,1-3H3,(H,20,22)(H,21,23). The summed E-state index contributed by atoms with van der Waals surface area (Å²) < 4.78 is 10.5. The summed E-state index contributed by atoms with van der Waals surface area (Å²) in [6.45, 7) is 5.25. The van der Waals surface area contributed by atoms with Crippen LogP contribution < -0.4 is 10.6 Å². The number of carbonyl (C=O) groups excluding carboxylic acids is 2. The number of ether oxygens (including phenoxy) is 1. The second-order valence-electron chi connectivity index (χ2n) is 6.48. The zero-order valence-electron chi connectivity index (χ0n) is 14.3. The van der Waals surface area contributed by atoms with Gasteiger partial charge in [-0.25, -0.2) is 4.79 Å². The van der Waals surface area contributed by atoms with E-state index >= 15 is 0 Å². The van der Waals surface area contributed by atoms with Gasteiger partial charge < -0.3 is 19.8 Å². The molecule has 1 aromatic carbocycles. The number of alkyl carbamates (subject to hydrolysis) is 1. The van der Waals surface area contributed by atoms with Crippen molar-refractivity contribution < 1.29 is 18.7 Å². The first-order valence-corrected chi connectivity index (χ1v) is 8.19. The number of hydrogen-bond donors (Lipinski definition) is 2. The lowest BCUT2D eigenvalue weighted by Gasteiger charge is -2.23. The van der Waals surface area contributed by atoms with E-state index in [1.165, 1.54) is 6.26 Å². The van der Waals surface area contributed by atoms with Crippen LogP contribution in [0.1, 0.15) is 26.5 Å². The molecule has 1 atom stereocenters. The molecule has 0 aliphatic rings. The van der Waals surface area contributed by atoms with Crippen LogP contribution in [0.25, 0.3) is 0 Å². The van der Waals surface area contributed by atoms with Gasteiger partial charge in [-0.3, -0.25) is 4.79 Å². The Hall–Kier alpha value is -2.47. The summed E-state index contributed by atoms with van der Waals surface area (Å²) in [6, 6.07) is 9.35. The van der Waals surface area contributed by atoms with Crippen LogP contribution in [-0.4, -0.2) is 23.6 Å². The summed E-state index contributed by atoms with van der Waals surface area (Å²) in [4.78, 5) is 24.6. The molecule has 7 heteroatoms. The first kappa shape index (κ1) is 18.9. The lowest BCUT2D eigenvalue weighted by atomic mass is 10.1. The zero-order valence-corrected chi connectivity index (χ0v) is 15.1. The van der Waals surface area contributed by atoms with Crippen LogP contribution in [0.15, 0.2) is 47.1 Å². The summed E-state index contributed by atoms with van der Waals surface area (Å²) in [5.74, 6) is 0.173. The van der Waals surface area contributed by atoms with E-state index < -0.39 is 23.6 Å². The predicted molar refractivity (Wildman–Crippen MR) is 95.7 cm³/mol. The number of anilines is 1. The molecule has 1 unspecified atom stereocenters. The van der Waals surface area contributed by atoms with Crippen molar-refractivity contribution in [3.63, 3.8) is 0 Å². The van der Waals surface area contributed by atoms with Gasteiger partial charge in [0.2, 0.25) is 5.91 Å². The molecular weight excluding hydrogens is 344 g/mol. The third kappa shape index (κ3) is 6.51. The monoisotopic (exact) mass is 364 g/mol. The molecule has 2 N–H and O–H groups in total. The summed E-state index contributed by atoms with van der Waals surface area (Å²) in [7, 11) is 0. The summed E-state index contributed by atoms with van der Waals surface area (Å²) in [6.07, 6.45) is 1.03. The lowest BCUT2D eigenvalue weighted by molar-refractivity contribution is -0.118. The Kier molecular flexibility index (Phi) is 6.09. The molecule has 0 saturated heterocycles. The van der Waals surface area contributed by atoms with Gasteiger partial charge in [-0.2, -0.15) is 0 Å². The van der Waals surface area contributed by atoms with Crippen molar-refractivity contribution in [1.29, 1.82) is 0 Å². The van der Waals surface area contributed by atoms with Gasteiger partial charge in [0, 0.05) is 17.1 Å². The molecule has 1 heterocycles. The fourth-order valence-electron chi connectivity index (χ4n) is 2.08. The second-order valence-corrected chi connectivity index (χ2v) is 6.92. The van der Waals surface area contributed by atoms with E-state index in [2.05, 4.69) is 10.6 Å². The Bertz CT molecular complexity index is 723. The fraction of sp³-hybridized carbons (Fsp3) is 0.333. The van der Waals surface area contributed by atoms with Gasteiger partial charge in [0.25, 0.3) is 0 Å². The van der Waals surface area contributed by atoms with Crippen molar-refractivity contribution in [2.24, 2.45) is 0 Å². The van der Waals surface area contributed by atoms with Gasteiger partial charge in [-0.05, 0) is 51.1 Å². The Labute approximate surface area is 151 Å². The highest BCUT2D eigenvalue weighted by Crippen LogP contribution is 2.16. The minimum absolute atomic E-state index is 0.193. The van der Waals surface area contributed by atoms with E-state index in [-0.39, 0.29) is 6.42 Å². The topological polar surface area (TPSA) is 80.6 Å². The van der Waals surface area contributed by atoms with Crippen molar-refractivity contribution in [3.8, 4) is 0 Å². The largest absolute Gasteiger partial charge is 0.469 e. The molecule has 2 aromatic rings. The normalized spacial score (nSPS) is 12.3. The molecule has 2 amide bonds. The SMILES string of the molecule is CC(C)(C)OC(=O)NC(Cc1ccco1)C(=O)Nc1cccc(Cl)c1. The third-order valence-corrected chi connectivity index (χ3v) is 3.32. The maximum atomic E-state index is 12.6. The zero-order chi connectivity index (χ0) is 18.4. The highest BCUT2D eigenvalue weighted by molar-refractivity contribution is 6.30. The smallest absolute Gasteiger partial charge is 0.408 e.